The summed E-state index contributed by atoms with van der Waals surface area (Å²) in [6.07, 6.45) is 3.26. The van der Waals surface area contributed by atoms with Gasteiger partial charge in [0.1, 0.15) is 0 Å². The molecule has 0 spiro atoms. The van der Waals surface area contributed by atoms with Crippen LogP contribution in [0.4, 0.5) is 0 Å². The maximum atomic E-state index is 12.0. The van der Waals surface area contributed by atoms with Crippen LogP contribution in [-0.2, 0) is 9.53 Å². The molecule has 0 aromatic heterocycles. The molecule has 1 fully saturated rings. The number of carbonyl (C=O) groups is 2. The first-order valence-electron chi connectivity index (χ1n) is 7.80. The van der Waals surface area contributed by atoms with Gasteiger partial charge >= 0.3 is 5.97 Å². The number of hydrogen-bond acceptors (Lipinski definition) is 3. The van der Waals surface area contributed by atoms with Gasteiger partial charge in [0.2, 0.25) is 0 Å². The Hall–Kier alpha value is -1.26. The molecule has 1 aromatic rings. The van der Waals surface area contributed by atoms with Gasteiger partial charge in [0, 0.05) is 6.04 Å². The van der Waals surface area contributed by atoms with Crippen molar-refractivity contribution in [2.24, 2.45) is 11.8 Å². The number of carbonyl (C=O) groups excluding carboxylic acids is 2. The fourth-order valence-corrected chi connectivity index (χ4v) is 3.28. The van der Waals surface area contributed by atoms with Crippen LogP contribution in [-0.4, -0.2) is 24.5 Å². The van der Waals surface area contributed by atoms with Gasteiger partial charge in [-0.2, -0.15) is 0 Å². The smallest absolute Gasteiger partial charge is 0.340 e. The molecule has 0 aliphatic heterocycles. The van der Waals surface area contributed by atoms with Crippen molar-refractivity contribution in [1.82, 2.24) is 5.32 Å². The SMILES string of the molecule is CC1CCCC(NC(=O)COC(=O)c2cccc(Cl)c2Cl)C1C. The lowest BCUT2D eigenvalue weighted by Gasteiger charge is -2.34. The second-order valence-corrected chi connectivity index (χ2v) is 6.90. The van der Waals surface area contributed by atoms with Crippen LogP contribution in [0, 0.1) is 11.8 Å². The molecule has 126 valence electrons. The minimum atomic E-state index is -0.655. The van der Waals surface area contributed by atoms with Crippen LogP contribution < -0.4 is 5.32 Å². The second-order valence-electron chi connectivity index (χ2n) is 6.12. The lowest BCUT2D eigenvalue weighted by Crippen LogP contribution is -2.45. The fraction of sp³-hybridized carbons (Fsp3) is 0.529. The molecule has 4 nitrogen and oxygen atoms in total. The van der Waals surface area contributed by atoms with Gasteiger partial charge in [0.05, 0.1) is 15.6 Å². The first-order valence-corrected chi connectivity index (χ1v) is 8.56. The molecule has 1 aliphatic carbocycles. The average molecular weight is 358 g/mol. The summed E-state index contributed by atoms with van der Waals surface area (Å²) in [7, 11) is 0. The third-order valence-electron chi connectivity index (χ3n) is 4.56. The third-order valence-corrected chi connectivity index (χ3v) is 5.38. The summed E-state index contributed by atoms with van der Waals surface area (Å²) in [5.74, 6) is 0.0628. The maximum Gasteiger partial charge on any atom is 0.340 e. The molecule has 1 amide bonds. The number of esters is 1. The van der Waals surface area contributed by atoms with Crippen LogP contribution in [0.3, 0.4) is 0 Å². The van der Waals surface area contributed by atoms with E-state index in [-0.39, 0.29) is 34.2 Å². The normalized spacial score (nSPS) is 24.1. The maximum absolute atomic E-state index is 12.0. The third kappa shape index (κ3) is 4.61. The Morgan fingerprint density at radius 2 is 2.00 bits per heavy atom. The summed E-state index contributed by atoms with van der Waals surface area (Å²) >= 11 is 11.8. The van der Waals surface area contributed by atoms with Gasteiger partial charge < -0.3 is 10.1 Å². The minimum Gasteiger partial charge on any atom is -0.452 e. The van der Waals surface area contributed by atoms with Gasteiger partial charge in [-0.1, -0.05) is 56.0 Å². The van der Waals surface area contributed by atoms with E-state index in [0.29, 0.717) is 11.8 Å². The van der Waals surface area contributed by atoms with Gasteiger partial charge in [0.25, 0.3) is 5.91 Å². The van der Waals surface area contributed by atoms with Gasteiger partial charge in [0.15, 0.2) is 6.61 Å². The van der Waals surface area contributed by atoms with Crippen molar-refractivity contribution in [1.29, 1.82) is 0 Å². The molecule has 6 heteroatoms. The number of benzene rings is 1. The van der Waals surface area contributed by atoms with Crippen molar-refractivity contribution in [2.75, 3.05) is 6.61 Å². The first kappa shape index (κ1) is 18.1. The Morgan fingerprint density at radius 1 is 1.26 bits per heavy atom. The number of amides is 1. The average Bonchev–Trinajstić information content (AvgIpc) is 2.52. The Kier molecular flexibility index (Phi) is 6.31. The van der Waals surface area contributed by atoms with Crippen LogP contribution in [0.5, 0.6) is 0 Å². The lowest BCUT2D eigenvalue weighted by molar-refractivity contribution is -0.125. The Labute approximate surface area is 146 Å². The highest BCUT2D eigenvalue weighted by atomic mass is 35.5. The van der Waals surface area contributed by atoms with Crippen LogP contribution in [0.1, 0.15) is 43.5 Å². The van der Waals surface area contributed by atoms with Crippen molar-refractivity contribution in [3.8, 4) is 0 Å². The predicted molar refractivity (Wildman–Crippen MR) is 90.9 cm³/mol. The molecule has 1 aromatic carbocycles. The van der Waals surface area contributed by atoms with E-state index in [1.165, 1.54) is 12.5 Å². The van der Waals surface area contributed by atoms with E-state index in [4.69, 9.17) is 27.9 Å². The number of hydrogen-bond donors (Lipinski definition) is 1. The van der Waals surface area contributed by atoms with Crippen LogP contribution in [0.25, 0.3) is 0 Å². The molecular weight excluding hydrogens is 337 g/mol. The van der Waals surface area contributed by atoms with Gasteiger partial charge in [-0.3, -0.25) is 4.79 Å². The van der Waals surface area contributed by atoms with Crippen molar-refractivity contribution >= 4 is 35.1 Å². The highest BCUT2D eigenvalue weighted by Gasteiger charge is 2.28. The van der Waals surface area contributed by atoms with E-state index >= 15 is 0 Å². The molecule has 1 N–H and O–H groups in total. The van der Waals surface area contributed by atoms with Crippen molar-refractivity contribution in [3.05, 3.63) is 33.8 Å². The fourth-order valence-electron chi connectivity index (χ4n) is 2.90. The predicted octanol–water partition coefficient (Wildman–Crippen LogP) is 4.09. The molecule has 1 aliphatic rings. The van der Waals surface area contributed by atoms with Crippen LogP contribution in [0.15, 0.2) is 18.2 Å². The van der Waals surface area contributed by atoms with E-state index in [1.54, 1.807) is 12.1 Å². The molecule has 1 saturated carbocycles. The highest BCUT2D eigenvalue weighted by molar-refractivity contribution is 6.43. The Bertz CT molecular complexity index is 591. The molecular formula is C17H21Cl2NO3. The van der Waals surface area contributed by atoms with E-state index in [1.807, 2.05) is 0 Å². The minimum absolute atomic E-state index is 0.134. The van der Waals surface area contributed by atoms with Crippen LogP contribution in [0.2, 0.25) is 10.0 Å². The number of ether oxygens (including phenoxy) is 1. The van der Waals surface area contributed by atoms with Crippen molar-refractivity contribution in [3.63, 3.8) is 0 Å². The second kappa shape index (κ2) is 8.02. The molecule has 0 heterocycles. The summed E-state index contributed by atoms with van der Waals surface area (Å²) in [5, 5.41) is 3.36. The van der Waals surface area contributed by atoms with E-state index < -0.39 is 5.97 Å². The van der Waals surface area contributed by atoms with Gasteiger partial charge in [-0.05, 0) is 30.4 Å². The monoisotopic (exact) mass is 357 g/mol. The molecule has 23 heavy (non-hydrogen) atoms. The van der Waals surface area contributed by atoms with Crippen molar-refractivity contribution in [2.45, 2.75) is 39.2 Å². The summed E-state index contributed by atoms with van der Waals surface area (Å²) in [6.45, 7) is 4.02. The molecule has 0 bridgehead atoms. The largest absolute Gasteiger partial charge is 0.452 e. The van der Waals surface area contributed by atoms with Crippen LogP contribution >= 0.6 is 23.2 Å². The highest BCUT2D eigenvalue weighted by Crippen LogP contribution is 2.29. The summed E-state index contributed by atoms with van der Waals surface area (Å²) in [4.78, 5) is 24.0. The van der Waals surface area contributed by atoms with E-state index in [0.717, 1.165) is 12.8 Å². The molecule has 2 rings (SSSR count). The number of nitrogens with one attached hydrogen (secondary N) is 1. The molecule has 0 radical (unpaired) electrons. The first-order chi connectivity index (χ1) is 10.9. The zero-order valence-corrected chi connectivity index (χ0v) is 14.8. The lowest BCUT2D eigenvalue weighted by atomic mass is 9.78. The Morgan fingerprint density at radius 3 is 2.74 bits per heavy atom. The van der Waals surface area contributed by atoms with Gasteiger partial charge in [-0.15, -0.1) is 0 Å². The summed E-state index contributed by atoms with van der Waals surface area (Å²) in [5.41, 5.74) is 0.159. The number of rotatable bonds is 4. The quantitative estimate of drug-likeness (QED) is 0.825. The zero-order valence-electron chi connectivity index (χ0n) is 13.3. The van der Waals surface area contributed by atoms with E-state index in [2.05, 4.69) is 19.2 Å². The molecule has 3 unspecified atom stereocenters. The Balaban J connectivity index is 1.86. The summed E-state index contributed by atoms with van der Waals surface area (Å²) in [6, 6.07) is 4.84. The molecule has 0 saturated heterocycles. The van der Waals surface area contributed by atoms with E-state index in [9.17, 15) is 9.59 Å². The summed E-state index contributed by atoms with van der Waals surface area (Å²) < 4.78 is 5.04. The number of halogens is 2. The zero-order chi connectivity index (χ0) is 17.0. The molecule has 3 atom stereocenters. The van der Waals surface area contributed by atoms with Crippen molar-refractivity contribution < 1.29 is 14.3 Å². The standard InChI is InChI=1S/C17H21Cl2NO3/c1-10-5-3-8-14(11(10)2)20-15(21)9-23-17(22)12-6-4-7-13(18)16(12)19/h4,6-7,10-11,14H,3,5,8-9H2,1-2H3,(H,20,21). The topological polar surface area (TPSA) is 55.4 Å². The van der Waals surface area contributed by atoms with Gasteiger partial charge in [-0.25, -0.2) is 4.79 Å².